The van der Waals surface area contributed by atoms with E-state index < -0.39 is 0 Å². The van der Waals surface area contributed by atoms with E-state index in [-0.39, 0.29) is 11.6 Å². The van der Waals surface area contributed by atoms with E-state index >= 15 is 0 Å². The van der Waals surface area contributed by atoms with E-state index in [1.807, 2.05) is 6.92 Å². The molecule has 2 N–H and O–H groups in total. The molecule has 0 aliphatic heterocycles. The van der Waals surface area contributed by atoms with Crippen molar-refractivity contribution in [2.24, 2.45) is 5.73 Å². The van der Waals surface area contributed by atoms with Crippen molar-refractivity contribution in [3.05, 3.63) is 35.4 Å². The van der Waals surface area contributed by atoms with Gasteiger partial charge in [0.2, 0.25) is 0 Å². The Hall–Kier alpha value is -0.860. The number of hydrogen-bond acceptors (Lipinski definition) is 2. The number of ether oxygens (including phenoxy) is 1. The van der Waals surface area contributed by atoms with Gasteiger partial charge >= 0.3 is 0 Å². The molecule has 2 heteroatoms. The van der Waals surface area contributed by atoms with Gasteiger partial charge in [0, 0.05) is 6.61 Å². The molecule has 1 aliphatic carbocycles. The maximum atomic E-state index is 6.56. The van der Waals surface area contributed by atoms with E-state index in [4.69, 9.17) is 10.5 Å². The van der Waals surface area contributed by atoms with Gasteiger partial charge in [0.05, 0.1) is 11.6 Å². The van der Waals surface area contributed by atoms with Crippen LogP contribution in [0.3, 0.4) is 0 Å². The fourth-order valence-electron chi connectivity index (χ4n) is 2.96. The summed E-state index contributed by atoms with van der Waals surface area (Å²) in [5.74, 6) is 0.713. The fourth-order valence-corrected chi connectivity index (χ4v) is 2.96. The number of nitrogens with two attached hydrogens (primary N) is 1. The molecule has 2 atom stereocenters. The molecule has 0 radical (unpaired) electrons. The van der Waals surface area contributed by atoms with Crippen LogP contribution in [0.4, 0.5) is 0 Å². The van der Waals surface area contributed by atoms with Crippen molar-refractivity contribution in [2.45, 2.75) is 64.0 Å². The van der Waals surface area contributed by atoms with E-state index in [1.165, 1.54) is 30.4 Å². The van der Waals surface area contributed by atoms with E-state index in [2.05, 4.69) is 38.1 Å². The summed E-state index contributed by atoms with van der Waals surface area (Å²) in [4.78, 5) is 0. The highest BCUT2D eigenvalue weighted by Crippen LogP contribution is 2.41. The maximum Gasteiger partial charge on any atom is 0.0843 e. The number of hydrogen-bond donors (Lipinski definition) is 1. The molecule has 2 unspecified atom stereocenters. The second-order valence-corrected chi connectivity index (χ2v) is 5.83. The van der Waals surface area contributed by atoms with Crippen molar-refractivity contribution in [3.8, 4) is 0 Å². The van der Waals surface area contributed by atoms with Crippen LogP contribution in [-0.2, 0) is 4.74 Å². The molecule has 2 rings (SSSR count). The second-order valence-electron chi connectivity index (χ2n) is 5.83. The summed E-state index contributed by atoms with van der Waals surface area (Å²) >= 11 is 0. The number of rotatable bonds is 6. The first kappa shape index (κ1) is 14.5. The summed E-state index contributed by atoms with van der Waals surface area (Å²) in [7, 11) is 0. The monoisotopic (exact) mass is 261 g/mol. The van der Waals surface area contributed by atoms with Crippen molar-refractivity contribution in [3.63, 3.8) is 0 Å². The fraction of sp³-hybridized carbons (Fsp3) is 0.647. The third-order valence-corrected chi connectivity index (χ3v) is 4.71. The maximum absolute atomic E-state index is 6.56. The zero-order valence-corrected chi connectivity index (χ0v) is 12.5. The van der Waals surface area contributed by atoms with Gasteiger partial charge in [0.1, 0.15) is 0 Å². The van der Waals surface area contributed by atoms with Crippen molar-refractivity contribution in [2.75, 3.05) is 6.61 Å². The summed E-state index contributed by atoms with van der Waals surface area (Å²) in [6.07, 6.45) is 4.90. The van der Waals surface area contributed by atoms with Crippen molar-refractivity contribution in [1.29, 1.82) is 0 Å². The molecule has 19 heavy (non-hydrogen) atoms. The largest absolute Gasteiger partial charge is 0.374 e. The van der Waals surface area contributed by atoms with Crippen LogP contribution in [0, 0.1) is 0 Å². The molecule has 0 amide bonds. The lowest BCUT2D eigenvalue weighted by molar-refractivity contribution is -0.0475. The lowest BCUT2D eigenvalue weighted by Gasteiger charge is -2.37. The normalized spacial score (nSPS) is 20.6. The molecule has 0 heterocycles. The molecular weight excluding hydrogens is 234 g/mol. The third-order valence-electron chi connectivity index (χ3n) is 4.71. The minimum absolute atomic E-state index is 0.0470. The molecule has 0 saturated heterocycles. The van der Waals surface area contributed by atoms with Crippen molar-refractivity contribution >= 4 is 0 Å². The Bertz CT molecular complexity index is 413. The summed E-state index contributed by atoms with van der Waals surface area (Å²) < 4.78 is 5.96. The molecule has 1 saturated carbocycles. The van der Waals surface area contributed by atoms with Crippen LogP contribution in [0.15, 0.2) is 24.3 Å². The van der Waals surface area contributed by atoms with Gasteiger partial charge in [-0.3, -0.25) is 0 Å². The van der Waals surface area contributed by atoms with Gasteiger partial charge in [-0.05, 0) is 50.2 Å². The summed E-state index contributed by atoms with van der Waals surface area (Å²) in [5.41, 5.74) is 9.02. The van der Waals surface area contributed by atoms with Gasteiger partial charge in [-0.15, -0.1) is 0 Å². The lowest BCUT2D eigenvalue weighted by Crippen LogP contribution is -2.41. The Morgan fingerprint density at radius 2 is 2.00 bits per heavy atom. The molecule has 0 spiro atoms. The van der Waals surface area contributed by atoms with Gasteiger partial charge in [-0.2, -0.15) is 0 Å². The van der Waals surface area contributed by atoms with Crippen LogP contribution in [0.25, 0.3) is 0 Å². The highest BCUT2D eigenvalue weighted by molar-refractivity contribution is 5.35. The average molecular weight is 261 g/mol. The molecule has 1 fully saturated rings. The summed E-state index contributed by atoms with van der Waals surface area (Å²) in [6.45, 7) is 7.04. The second kappa shape index (κ2) is 6.06. The Kier molecular flexibility index (Phi) is 4.64. The van der Waals surface area contributed by atoms with Crippen molar-refractivity contribution in [1.82, 2.24) is 0 Å². The van der Waals surface area contributed by atoms with Crippen LogP contribution in [-0.4, -0.2) is 12.2 Å². The predicted molar refractivity (Wildman–Crippen MR) is 80.3 cm³/mol. The van der Waals surface area contributed by atoms with Crippen LogP contribution in [0.2, 0.25) is 0 Å². The molecule has 1 aromatic rings. The first-order valence-electron chi connectivity index (χ1n) is 7.60. The molecule has 106 valence electrons. The predicted octanol–water partition coefficient (Wildman–Crippen LogP) is 4.16. The smallest absolute Gasteiger partial charge is 0.0843 e. The molecule has 0 aromatic heterocycles. The van der Waals surface area contributed by atoms with Gasteiger partial charge in [-0.25, -0.2) is 0 Å². The Morgan fingerprint density at radius 1 is 1.32 bits per heavy atom. The molecule has 1 aromatic carbocycles. The van der Waals surface area contributed by atoms with Crippen LogP contribution >= 0.6 is 0 Å². The highest BCUT2D eigenvalue weighted by atomic mass is 16.5. The SMILES string of the molecule is CCOC(C)(CC)C(N)c1ccccc1C1CCC1. The topological polar surface area (TPSA) is 35.2 Å². The Balaban J connectivity index is 2.29. The van der Waals surface area contributed by atoms with E-state index in [0.717, 1.165) is 6.42 Å². The Labute approximate surface area is 117 Å². The van der Waals surface area contributed by atoms with Crippen LogP contribution in [0.1, 0.15) is 69.5 Å². The summed E-state index contributed by atoms with van der Waals surface area (Å²) in [6, 6.07) is 8.62. The van der Waals surface area contributed by atoms with Gasteiger partial charge < -0.3 is 10.5 Å². The minimum Gasteiger partial charge on any atom is -0.374 e. The minimum atomic E-state index is -0.269. The zero-order valence-electron chi connectivity index (χ0n) is 12.5. The first-order valence-corrected chi connectivity index (χ1v) is 7.60. The van der Waals surface area contributed by atoms with E-state index in [9.17, 15) is 0 Å². The van der Waals surface area contributed by atoms with Crippen molar-refractivity contribution < 1.29 is 4.74 Å². The number of benzene rings is 1. The molecular formula is C17H27NO. The van der Waals surface area contributed by atoms with E-state index in [1.54, 1.807) is 0 Å². The molecule has 2 nitrogen and oxygen atoms in total. The summed E-state index contributed by atoms with van der Waals surface area (Å²) in [5, 5.41) is 0. The lowest BCUT2D eigenvalue weighted by atomic mass is 9.75. The Morgan fingerprint density at radius 3 is 2.53 bits per heavy atom. The molecule has 0 bridgehead atoms. The van der Waals surface area contributed by atoms with Gasteiger partial charge in [0.15, 0.2) is 0 Å². The highest BCUT2D eigenvalue weighted by Gasteiger charge is 2.34. The van der Waals surface area contributed by atoms with Crippen LogP contribution in [0.5, 0.6) is 0 Å². The quantitative estimate of drug-likeness (QED) is 0.834. The average Bonchev–Trinajstić information content (AvgIpc) is 2.37. The molecule has 1 aliphatic rings. The van der Waals surface area contributed by atoms with Crippen LogP contribution < -0.4 is 5.73 Å². The third kappa shape index (κ3) is 2.85. The zero-order chi connectivity index (χ0) is 13.9. The van der Waals surface area contributed by atoms with Gasteiger partial charge in [0.25, 0.3) is 0 Å². The first-order chi connectivity index (χ1) is 9.12. The standard InChI is InChI=1S/C17H27NO/c1-4-17(3,19-5-2)16(18)15-12-7-6-11-14(15)13-9-8-10-13/h6-7,11-13,16H,4-5,8-10,18H2,1-3H3. The van der Waals surface area contributed by atoms with Gasteiger partial charge in [-0.1, -0.05) is 37.6 Å². The van der Waals surface area contributed by atoms with E-state index in [0.29, 0.717) is 12.5 Å².